The first kappa shape index (κ1) is 9.44. The van der Waals surface area contributed by atoms with Gasteiger partial charge in [0.1, 0.15) is 0 Å². The molecule has 2 aliphatic rings. The molecule has 1 heterocycles. The smallest absolute Gasteiger partial charge is 0.172 e. The Kier molecular flexibility index (Phi) is 2.86. The van der Waals surface area contributed by atoms with E-state index in [4.69, 9.17) is 15.2 Å². The van der Waals surface area contributed by atoms with Crippen molar-refractivity contribution in [1.29, 1.82) is 0 Å². The fourth-order valence-electron chi connectivity index (χ4n) is 2.62. The summed E-state index contributed by atoms with van der Waals surface area (Å²) in [4.78, 5) is 0. The van der Waals surface area contributed by atoms with Crippen molar-refractivity contribution in [3.63, 3.8) is 0 Å². The highest BCUT2D eigenvalue weighted by Crippen LogP contribution is 2.41. The van der Waals surface area contributed by atoms with Gasteiger partial charge in [-0.25, -0.2) is 0 Å². The third-order valence-electron chi connectivity index (χ3n) is 3.25. The van der Waals surface area contributed by atoms with E-state index in [0.717, 1.165) is 19.6 Å². The van der Waals surface area contributed by atoms with Crippen LogP contribution in [0.5, 0.6) is 0 Å². The first-order valence-electron chi connectivity index (χ1n) is 5.35. The highest BCUT2D eigenvalue weighted by molar-refractivity contribution is 4.86. The first-order chi connectivity index (χ1) is 6.37. The van der Waals surface area contributed by atoms with Gasteiger partial charge in [-0.05, 0) is 19.4 Å². The van der Waals surface area contributed by atoms with E-state index < -0.39 is 0 Å². The molecular formula is C10H19NO2. The second kappa shape index (κ2) is 3.95. The van der Waals surface area contributed by atoms with Crippen LogP contribution in [0.2, 0.25) is 0 Å². The van der Waals surface area contributed by atoms with Crippen LogP contribution in [-0.4, -0.2) is 25.5 Å². The van der Waals surface area contributed by atoms with E-state index in [0.29, 0.717) is 12.5 Å². The molecule has 2 N–H and O–H groups in total. The van der Waals surface area contributed by atoms with Gasteiger partial charge in [0, 0.05) is 12.3 Å². The molecule has 0 radical (unpaired) electrons. The minimum absolute atomic E-state index is 0.300. The van der Waals surface area contributed by atoms with Crippen molar-refractivity contribution >= 4 is 0 Å². The standard InChI is InChI=1S/C10H19NO2/c11-6-5-10(12-7-8-13-10)9-3-1-2-4-9/h9H,1-8,11H2. The van der Waals surface area contributed by atoms with Crippen molar-refractivity contribution in [2.45, 2.75) is 37.9 Å². The van der Waals surface area contributed by atoms with Crippen LogP contribution in [0.1, 0.15) is 32.1 Å². The lowest BCUT2D eigenvalue weighted by Gasteiger charge is -2.33. The average Bonchev–Trinajstić information content (AvgIpc) is 2.73. The number of hydrogen-bond donors (Lipinski definition) is 1. The maximum absolute atomic E-state index is 5.76. The van der Waals surface area contributed by atoms with Crippen molar-refractivity contribution < 1.29 is 9.47 Å². The molecule has 2 fully saturated rings. The van der Waals surface area contributed by atoms with E-state index in [-0.39, 0.29) is 5.79 Å². The van der Waals surface area contributed by atoms with Gasteiger partial charge in [-0.3, -0.25) is 0 Å². The number of rotatable bonds is 3. The van der Waals surface area contributed by atoms with Crippen LogP contribution >= 0.6 is 0 Å². The Hall–Kier alpha value is -0.120. The molecule has 76 valence electrons. The maximum atomic E-state index is 5.76. The van der Waals surface area contributed by atoms with E-state index in [9.17, 15) is 0 Å². The summed E-state index contributed by atoms with van der Waals surface area (Å²) in [5.74, 6) is 0.296. The molecule has 1 saturated heterocycles. The lowest BCUT2D eigenvalue weighted by Crippen LogP contribution is -2.40. The Morgan fingerprint density at radius 3 is 2.31 bits per heavy atom. The minimum atomic E-state index is -0.300. The molecule has 0 amide bonds. The number of hydrogen-bond acceptors (Lipinski definition) is 3. The summed E-state index contributed by atoms with van der Waals surface area (Å²) in [6.07, 6.45) is 6.01. The molecule has 0 atom stereocenters. The highest BCUT2D eigenvalue weighted by Gasteiger charge is 2.44. The zero-order valence-electron chi connectivity index (χ0n) is 8.13. The molecule has 1 saturated carbocycles. The molecule has 0 aromatic rings. The van der Waals surface area contributed by atoms with E-state index in [1.807, 2.05) is 0 Å². The van der Waals surface area contributed by atoms with Gasteiger partial charge in [0.25, 0.3) is 0 Å². The first-order valence-corrected chi connectivity index (χ1v) is 5.35. The summed E-state index contributed by atoms with van der Waals surface area (Å²) in [5, 5.41) is 0. The monoisotopic (exact) mass is 185 g/mol. The fourth-order valence-corrected chi connectivity index (χ4v) is 2.62. The van der Waals surface area contributed by atoms with Gasteiger partial charge in [0.2, 0.25) is 0 Å². The summed E-state index contributed by atoms with van der Waals surface area (Å²) in [5.41, 5.74) is 5.60. The summed E-state index contributed by atoms with van der Waals surface area (Å²) in [6.45, 7) is 2.16. The van der Waals surface area contributed by atoms with Crippen LogP contribution in [0.15, 0.2) is 0 Å². The van der Waals surface area contributed by atoms with Crippen molar-refractivity contribution in [3.8, 4) is 0 Å². The highest BCUT2D eigenvalue weighted by atomic mass is 16.7. The lowest BCUT2D eigenvalue weighted by atomic mass is 9.94. The SMILES string of the molecule is NCCC1(C2CCCC2)OCCO1. The Balaban J connectivity index is 2.02. The summed E-state index contributed by atoms with van der Waals surface area (Å²) in [6, 6.07) is 0. The second-order valence-corrected chi connectivity index (χ2v) is 4.03. The zero-order valence-corrected chi connectivity index (χ0v) is 8.13. The molecule has 0 aromatic carbocycles. The maximum Gasteiger partial charge on any atom is 0.172 e. The summed E-state index contributed by atoms with van der Waals surface area (Å²) < 4.78 is 11.5. The largest absolute Gasteiger partial charge is 0.347 e. The Bertz CT molecular complexity index is 160. The van der Waals surface area contributed by atoms with Gasteiger partial charge < -0.3 is 15.2 Å². The quantitative estimate of drug-likeness (QED) is 0.720. The van der Waals surface area contributed by atoms with Crippen LogP contribution in [0.25, 0.3) is 0 Å². The predicted molar refractivity (Wildman–Crippen MR) is 50.3 cm³/mol. The molecule has 0 bridgehead atoms. The van der Waals surface area contributed by atoms with E-state index in [1.54, 1.807) is 0 Å². The Labute approximate surface area is 79.6 Å². The van der Waals surface area contributed by atoms with Gasteiger partial charge in [-0.1, -0.05) is 12.8 Å². The third-order valence-corrected chi connectivity index (χ3v) is 3.25. The van der Waals surface area contributed by atoms with E-state index in [2.05, 4.69) is 0 Å². The van der Waals surface area contributed by atoms with Crippen LogP contribution < -0.4 is 5.73 Å². The van der Waals surface area contributed by atoms with Crippen molar-refractivity contribution in [3.05, 3.63) is 0 Å². The van der Waals surface area contributed by atoms with Gasteiger partial charge >= 0.3 is 0 Å². The summed E-state index contributed by atoms with van der Waals surface area (Å²) >= 11 is 0. The van der Waals surface area contributed by atoms with Gasteiger partial charge in [0.15, 0.2) is 5.79 Å². The molecule has 0 spiro atoms. The summed E-state index contributed by atoms with van der Waals surface area (Å²) in [7, 11) is 0. The normalized spacial score (nSPS) is 28.4. The van der Waals surface area contributed by atoms with Crippen LogP contribution in [0, 0.1) is 5.92 Å². The van der Waals surface area contributed by atoms with Crippen molar-refractivity contribution in [2.75, 3.05) is 19.8 Å². The molecule has 3 heteroatoms. The molecule has 2 rings (SSSR count). The van der Waals surface area contributed by atoms with Crippen molar-refractivity contribution in [2.24, 2.45) is 11.7 Å². The van der Waals surface area contributed by atoms with Crippen LogP contribution in [0.4, 0.5) is 0 Å². The lowest BCUT2D eigenvalue weighted by molar-refractivity contribution is -0.196. The molecule has 3 nitrogen and oxygen atoms in total. The number of ether oxygens (including phenoxy) is 2. The molecule has 1 aliphatic carbocycles. The number of nitrogens with two attached hydrogens (primary N) is 1. The van der Waals surface area contributed by atoms with Crippen molar-refractivity contribution in [1.82, 2.24) is 0 Å². The van der Waals surface area contributed by atoms with Gasteiger partial charge in [0.05, 0.1) is 13.2 Å². The second-order valence-electron chi connectivity index (χ2n) is 4.03. The topological polar surface area (TPSA) is 44.5 Å². The molecule has 0 unspecified atom stereocenters. The predicted octanol–water partition coefficient (Wildman–Crippen LogP) is 1.27. The minimum Gasteiger partial charge on any atom is -0.347 e. The molecular weight excluding hydrogens is 166 g/mol. The van der Waals surface area contributed by atoms with Crippen LogP contribution in [0.3, 0.4) is 0 Å². The van der Waals surface area contributed by atoms with Gasteiger partial charge in [-0.2, -0.15) is 0 Å². The molecule has 0 aromatic heterocycles. The Morgan fingerprint density at radius 1 is 1.15 bits per heavy atom. The van der Waals surface area contributed by atoms with Gasteiger partial charge in [-0.15, -0.1) is 0 Å². The Morgan fingerprint density at radius 2 is 1.77 bits per heavy atom. The van der Waals surface area contributed by atoms with E-state index >= 15 is 0 Å². The molecule has 1 aliphatic heterocycles. The van der Waals surface area contributed by atoms with E-state index in [1.165, 1.54) is 25.7 Å². The third kappa shape index (κ3) is 1.73. The zero-order chi connectivity index (χ0) is 9.15. The average molecular weight is 185 g/mol. The van der Waals surface area contributed by atoms with Crippen LogP contribution in [-0.2, 0) is 9.47 Å². The fraction of sp³-hybridized carbons (Fsp3) is 1.00. The molecule has 13 heavy (non-hydrogen) atoms.